The lowest BCUT2D eigenvalue weighted by Crippen LogP contribution is -2.42. The molecular weight excluding hydrogens is 354 g/mol. The SMILES string of the molecule is CN=C(NCCCOC1CCOC1)NCC1CCCOC1c1ccc(C)cc1. The first kappa shape index (κ1) is 21.1. The Balaban J connectivity index is 1.39. The van der Waals surface area contributed by atoms with E-state index < -0.39 is 0 Å². The van der Waals surface area contributed by atoms with Gasteiger partial charge in [0.25, 0.3) is 0 Å². The molecule has 3 unspecified atom stereocenters. The highest BCUT2D eigenvalue weighted by atomic mass is 16.5. The van der Waals surface area contributed by atoms with Gasteiger partial charge in [-0.25, -0.2) is 0 Å². The van der Waals surface area contributed by atoms with Crippen LogP contribution >= 0.6 is 0 Å². The van der Waals surface area contributed by atoms with Gasteiger partial charge in [-0.1, -0.05) is 29.8 Å². The van der Waals surface area contributed by atoms with Gasteiger partial charge in [-0.3, -0.25) is 4.99 Å². The lowest BCUT2D eigenvalue weighted by atomic mass is 9.89. The minimum absolute atomic E-state index is 0.155. The zero-order valence-electron chi connectivity index (χ0n) is 17.3. The van der Waals surface area contributed by atoms with Gasteiger partial charge in [-0.2, -0.15) is 0 Å². The van der Waals surface area contributed by atoms with Gasteiger partial charge < -0.3 is 24.8 Å². The van der Waals surface area contributed by atoms with Crippen LogP contribution in [0.2, 0.25) is 0 Å². The largest absolute Gasteiger partial charge is 0.379 e. The van der Waals surface area contributed by atoms with E-state index in [9.17, 15) is 0 Å². The van der Waals surface area contributed by atoms with Gasteiger partial charge in [0.05, 0.1) is 18.8 Å². The van der Waals surface area contributed by atoms with Crippen molar-refractivity contribution in [3.05, 3.63) is 35.4 Å². The van der Waals surface area contributed by atoms with Crippen LogP contribution in [0.5, 0.6) is 0 Å². The Bertz CT molecular complexity index is 600. The van der Waals surface area contributed by atoms with Crippen LogP contribution in [0.25, 0.3) is 0 Å². The molecule has 0 amide bonds. The molecule has 0 bridgehead atoms. The van der Waals surface area contributed by atoms with Crippen LogP contribution in [0.3, 0.4) is 0 Å². The standard InChI is InChI=1S/C22H35N3O3/c1-17-6-8-18(9-7-17)21-19(5-3-12-28-21)15-25-22(23-2)24-11-4-13-27-20-10-14-26-16-20/h6-9,19-21H,3-5,10-16H2,1-2H3,(H2,23,24,25). The van der Waals surface area contributed by atoms with E-state index in [2.05, 4.69) is 46.8 Å². The summed E-state index contributed by atoms with van der Waals surface area (Å²) in [6, 6.07) is 8.72. The minimum atomic E-state index is 0.155. The number of guanidine groups is 1. The van der Waals surface area contributed by atoms with Crippen molar-refractivity contribution < 1.29 is 14.2 Å². The number of rotatable bonds is 8. The quantitative estimate of drug-likeness (QED) is 0.407. The molecule has 2 heterocycles. The number of ether oxygens (including phenoxy) is 3. The van der Waals surface area contributed by atoms with Gasteiger partial charge in [-0.15, -0.1) is 0 Å². The Hall–Kier alpha value is -1.63. The molecule has 28 heavy (non-hydrogen) atoms. The maximum absolute atomic E-state index is 6.12. The highest BCUT2D eigenvalue weighted by Gasteiger charge is 2.27. The molecule has 3 rings (SSSR count). The topological polar surface area (TPSA) is 64.1 Å². The van der Waals surface area contributed by atoms with Crippen molar-refractivity contribution in [1.82, 2.24) is 10.6 Å². The molecule has 3 atom stereocenters. The molecule has 0 radical (unpaired) electrons. The number of hydrogen-bond donors (Lipinski definition) is 2. The molecule has 0 aromatic heterocycles. The zero-order valence-corrected chi connectivity index (χ0v) is 17.3. The van der Waals surface area contributed by atoms with E-state index in [0.717, 1.165) is 64.7 Å². The Morgan fingerprint density at radius 2 is 2.04 bits per heavy atom. The molecular formula is C22H35N3O3. The number of nitrogens with one attached hydrogen (secondary N) is 2. The van der Waals surface area contributed by atoms with Crippen molar-refractivity contribution >= 4 is 5.96 Å². The first-order chi connectivity index (χ1) is 13.8. The average Bonchev–Trinajstić information content (AvgIpc) is 3.24. The number of nitrogens with zero attached hydrogens (tertiary/aromatic N) is 1. The van der Waals surface area contributed by atoms with Crippen molar-refractivity contribution in [2.45, 2.75) is 44.8 Å². The van der Waals surface area contributed by atoms with Crippen LogP contribution in [0.15, 0.2) is 29.3 Å². The van der Waals surface area contributed by atoms with Crippen molar-refractivity contribution in [1.29, 1.82) is 0 Å². The summed E-state index contributed by atoms with van der Waals surface area (Å²) in [5, 5.41) is 6.86. The molecule has 2 aliphatic heterocycles. The number of aryl methyl sites for hydroxylation is 1. The fraction of sp³-hybridized carbons (Fsp3) is 0.682. The summed E-state index contributed by atoms with van der Waals surface area (Å²) in [4.78, 5) is 4.35. The maximum atomic E-state index is 6.12. The summed E-state index contributed by atoms with van der Waals surface area (Å²) in [5.74, 6) is 1.29. The molecule has 2 N–H and O–H groups in total. The van der Waals surface area contributed by atoms with E-state index in [0.29, 0.717) is 5.92 Å². The predicted octanol–water partition coefficient (Wildman–Crippen LogP) is 2.82. The van der Waals surface area contributed by atoms with Crippen molar-refractivity contribution in [2.75, 3.05) is 46.6 Å². The van der Waals surface area contributed by atoms with Gasteiger partial charge >= 0.3 is 0 Å². The summed E-state index contributed by atoms with van der Waals surface area (Å²) in [5.41, 5.74) is 2.55. The molecule has 0 saturated carbocycles. The molecule has 0 spiro atoms. The van der Waals surface area contributed by atoms with E-state index in [1.165, 1.54) is 17.5 Å². The Morgan fingerprint density at radius 3 is 2.79 bits per heavy atom. The number of aliphatic imine (C=N–C) groups is 1. The van der Waals surface area contributed by atoms with Gasteiger partial charge in [0.15, 0.2) is 5.96 Å². The molecule has 2 aliphatic rings. The monoisotopic (exact) mass is 389 g/mol. The Morgan fingerprint density at radius 1 is 1.18 bits per heavy atom. The summed E-state index contributed by atoms with van der Waals surface area (Å²) < 4.78 is 17.2. The summed E-state index contributed by atoms with van der Waals surface area (Å²) in [7, 11) is 1.82. The van der Waals surface area contributed by atoms with Gasteiger partial charge in [0.2, 0.25) is 0 Å². The molecule has 6 heteroatoms. The molecule has 0 aliphatic carbocycles. The van der Waals surface area contributed by atoms with Gasteiger partial charge in [0, 0.05) is 45.9 Å². The van der Waals surface area contributed by atoms with Crippen molar-refractivity contribution in [3.8, 4) is 0 Å². The number of benzene rings is 1. The van der Waals surface area contributed by atoms with Gasteiger partial charge in [-0.05, 0) is 38.2 Å². The van der Waals surface area contributed by atoms with E-state index in [1.54, 1.807) is 0 Å². The third kappa shape index (κ3) is 6.47. The summed E-state index contributed by atoms with van der Waals surface area (Å²) in [6.07, 6.45) is 4.69. The lowest BCUT2D eigenvalue weighted by Gasteiger charge is -2.32. The fourth-order valence-corrected chi connectivity index (χ4v) is 3.80. The molecule has 156 valence electrons. The first-order valence-corrected chi connectivity index (χ1v) is 10.6. The first-order valence-electron chi connectivity index (χ1n) is 10.6. The van der Waals surface area contributed by atoms with Crippen LogP contribution in [-0.2, 0) is 14.2 Å². The predicted molar refractivity (Wildman–Crippen MR) is 112 cm³/mol. The third-order valence-corrected chi connectivity index (χ3v) is 5.46. The fourth-order valence-electron chi connectivity index (χ4n) is 3.80. The average molecular weight is 390 g/mol. The zero-order chi connectivity index (χ0) is 19.6. The molecule has 1 aromatic rings. The van der Waals surface area contributed by atoms with Crippen molar-refractivity contribution in [3.63, 3.8) is 0 Å². The van der Waals surface area contributed by atoms with Crippen molar-refractivity contribution in [2.24, 2.45) is 10.9 Å². The van der Waals surface area contributed by atoms with Crippen LogP contribution < -0.4 is 10.6 Å². The minimum Gasteiger partial charge on any atom is -0.379 e. The molecule has 2 fully saturated rings. The van der Waals surface area contributed by atoms with Crippen LogP contribution in [0.1, 0.15) is 42.9 Å². The van der Waals surface area contributed by atoms with E-state index in [-0.39, 0.29) is 12.2 Å². The highest BCUT2D eigenvalue weighted by Crippen LogP contribution is 2.33. The second-order valence-electron chi connectivity index (χ2n) is 7.69. The molecule has 1 aromatic carbocycles. The second-order valence-corrected chi connectivity index (χ2v) is 7.69. The van der Waals surface area contributed by atoms with Crippen LogP contribution in [0.4, 0.5) is 0 Å². The van der Waals surface area contributed by atoms with Crippen LogP contribution in [0, 0.1) is 12.8 Å². The maximum Gasteiger partial charge on any atom is 0.190 e. The second kappa shape index (κ2) is 11.4. The van der Waals surface area contributed by atoms with E-state index in [4.69, 9.17) is 14.2 Å². The lowest BCUT2D eigenvalue weighted by molar-refractivity contribution is -0.0265. The summed E-state index contributed by atoms with van der Waals surface area (Å²) >= 11 is 0. The third-order valence-electron chi connectivity index (χ3n) is 5.46. The normalized spacial score (nSPS) is 25.6. The Kier molecular flexibility index (Phi) is 8.58. The molecule has 2 saturated heterocycles. The molecule has 6 nitrogen and oxygen atoms in total. The van der Waals surface area contributed by atoms with Crippen LogP contribution in [-0.4, -0.2) is 58.6 Å². The Labute approximate surface area is 169 Å². The van der Waals surface area contributed by atoms with Gasteiger partial charge in [0.1, 0.15) is 0 Å². The van der Waals surface area contributed by atoms with E-state index in [1.807, 2.05) is 7.05 Å². The smallest absolute Gasteiger partial charge is 0.190 e. The van der Waals surface area contributed by atoms with E-state index >= 15 is 0 Å². The highest BCUT2D eigenvalue weighted by molar-refractivity contribution is 5.79. The number of hydrogen-bond acceptors (Lipinski definition) is 4. The summed E-state index contributed by atoms with van der Waals surface area (Å²) in [6.45, 7) is 6.98.